The SMILES string of the molecule is O=C(Nc1n[nH]c(-c2cccs2)n1)c1n[nH]c(C2CC2)c1Br. The maximum absolute atomic E-state index is 12.3. The fraction of sp³-hybridized carbons (Fsp3) is 0.231. The Bertz CT molecular complexity index is 820. The van der Waals surface area contributed by atoms with Crippen molar-refractivity contribution in [3.8, 4) is 10.7 Å². The standard InChI is InChI=1S/C13H11BrN6OS/c14-8-9(6-3-4-6)17-18-10(8)12(21)16-13-15-11(19-20-13)7-2-1-5-22-7/h1-2,5-6H,3-4H2,(H,17,18)(H2,15,16,19,20,21). The second kappa shape index (κ2) is 5.33. The lowest BCUT2D eigenvalue weighted by Gasteiger charge is -1.98. The molecule has 112 valence electrons. The molecule has 1 aliphatic rings. The van der Waals surface area contributed by atoms with Crippen LogP contribution in [0.2, 0.25) is 0 Å². The predicted molar refractivity (Wildman–Crippen MR) is 85.9 cm³/mol. The van der Waals surface area contributed by atoms with E-state index in [9.17, 15) is 4.79 Å². The van der Waals surface area contributed by atoms with Crippen molar-refractivity contribution in [1.82, 2.24) is 25.4 Å². The van der Waals surface area contributed by atoms with Gasteiger partial charge in [-0.15, -0.1) is 16.4 Å². The van der Waals surface area contributed by atoms with E-state index in [2.05, 4.69) is 46.6 Å². The molecule has 4 rings (SSSR count). The first-order valence-corrected chi connectivity index (χ1v) is 8.41. The molecule has 1 saturated carbocycles. The van der Waals surface area contributed by atoms with Crippen molar-refractivity contribution in [3.05, 3.63) is 33.4 Å². The lowest BCUT2D eigenvalue weighted by atomic mass is 10.2. The largest absolute Gasteiger partial charge is 0.288 e. The van der Waals surface area contributed by atoms with Gasteiger partial charge in [0.1, 0.15) is 0 Å². The van der Waals surface area contributed by atoms with E-state index in [1.54, 1.807) is 11.3 Å². The quantitative estimate of drug-likeness (QED) is 0.649. The van der Waals surface area contributed by atoms with Crippen molar-refractivity contribution in [2.75, 3.05) is 5.32 Å². The number of carbonyl (C=O) groups is 1. The average molecular weight is 379 g/mol. The van der Waals surface area contributed by atoms with Crippen LogP contribution in [0.25, 0.3) is 10.7 Å². The van der Waals surface area contributed by atoms with Gasteiger partial charge in [0.25, 0.3) is 5.91 Å². The lowest BCUT2D eigenvalue weighted by Crippen LogP contribution is -2.14. The number of rotatable bonds is 4. The van der Waals surface area contributed by atoms with Crippen LogP contribution in [0.15, 0.2) is 22.0 Å². The number of thiophene rings is 1. The van der Waals surface area contributed by atoms with E-state index in [4.69, 9.17) is 0 Å². The van der Waals surface area contributed by atoms with Crippen LogP contribution in [0.4, 0.5) is 5.95 Å². The molecule has 22 heavy (non-hydrogen) atoms. The maximum Gasteiger partial charge on any atom is 0.279 e. The van der Waals surface area contributed by atoms with Gasteiger partial charge in [0.2, 0.25) is 5.95 Å². The molecule has 3 N–H and O–H groups in total. The van der Waals surface area contributed by atoms with Crippen molar-refractivity contribution in [2.45, 2.75) is 18.8 Å². The van der Waals surface area contributed by atoms with E-state index in [0.29, 0.717) is 17.4 Å². The van der Waals surface area contributed by atoms with Gasteiger partial charge in [-0.25, -0.2) is 0 Å². The zero-order chi connectivity index (χ0) is 15.1. The lowest BCUT2D eigenvalue weighted by molar-refractivity contribution is 0.102. The fourth-order valence-electron chi connectivity index (χ4n) is 2.14. The van der Waals surface area contributed by atoms with Crippen LogP contribution in [0, 0.1) is 0 Å². The minimum atomic E-state index is -0.341. The Morgan fingerprint density at radius 2 is 2.23 bits per heavy atom. The Labute approximate surface area is 137 Å². The topological polar surface area (TPSA) is 99.3 Å². The first-order valence-electron chi connectivity index (χ1n) is 6.74. The predicted octanol–water partition coefficient (Wildman–Crippen LogP) is 3.15. The summed E-state index contributed by atoms with van der Waals surface area (Å²) in [6, 6.07) is 3.87. The molecule has 3 aromatic rings. The minimum Gasteiger partial charge on any atom is -0.288 e. The molecular weight excluding hydrogens is 368 g/mol. The third kappa shape index (κ3) is 2.46. The Morgan fingerprint density at radius 1 is 1.36 bits per heavy atom. The van der Waals surface area contributed by atoms with Gasteiger partial charge in [-0.2, -0.15) is 10.1 Å². The summed E-state index contributed by atoms with van der Waals surface area (Å²) < 4.78 is 0.724. The fourth-order valence-corrected chi connectivity index (χ4v) is 3.48. The van der Waals surface area contributed by atoms with Gasteiger partial charge in [0.15, 0.2) is 11.5 Å². The molecule has 3 heterocycles. The molecule has 1 amide bonds. The smallest absolute Gasteiger partial charge is 0.279 e. The molecule has 7 nitrogen and oxygen atoms in total. The zero-order valence-electron chi connectivity index (χ0n) is 11.3. The molecule has 0 spiro atoms. The number of H-pyrrole nitrogens is 2. The van der Waals surface area contributed by atoms with E-state index >= 15 is 0 Å². The first-order chi connectivity index (χ1) is 10.7. The molecule has 0 aliphatic heterocycles. The molecule has 1 aliphatic carbocycles. The summed E-state index contributed by atoms with van der Waals surface area (Å²) in [6.07, 6.45) is 2.26. The molecule has 0 bridgehead atoms. The van der Waals surface area contributed by atoms with Crippen LogP contribution in [0.5, 0.6) is 0 Å². The summed E-state index contributed by atoms with van der Waals surface area (Å²) in [4.78, 5) is 17.5. The van der Waals surface area contributed by atoms with Crippen LogP contribution in [-0.4, -0.2) is 31.3 Å². The van der Waals surface area contributed by atoms with E-state index in [1.165, 1.54) is 0 Å². The summed E-state index contributed by atoms with van der Waals surface area (Å²) in [5.74, 6) is 1.01. The van der Waals surface area contributed by atoms with Crippen LogP contribution in [0.1, 0.15) is 34.9 Å². The van der Waals surface area contributed by atoms with Crippen molar-refractivity contribution in [1.29, 1.82) is 0 Å². The van der Waals surface area contributed by atoms with E-state index in [-0.39, 0.29) is 11.9 Å². The Hall–Kier alpha value is -2.00. The van der Waals surface area contributed by atoms with Crippen LogP contribution in [0.3, 0.4) is 0 Å². The monoisotopic (exact) mass is 378 g/mol. The van der Waals surface area contributed by atoms with Crippen molar-refractivity contribution in [3.63, 3.8) is 0 Å². The van der Waals surface area contributed by atoms with Gasteiger partial charge in [-0.3, -0.25) is 20.3 Å². The summed E-state index contributed by atoms with van der Waals surface area (Å²) >= 11 is 4.99. The number of aromatic amines is 2. The summed E-state index contributed by atoms with van der Waals surface area (Å²) in [6.45, 7) is 0. The second-order valence-electron chi connectivity index (χ2n) is 5.01. The molecule has 0 saturated heterocycles. The molecule has 0 unspecified atom stereocenters. The molecular formula is C13H11BrN6OS. The number of hydrogen-bond donors (Lipinski definition) is 3. The van der Waals surface area contributed by atoms with Gasteiger partial charge < -0.3 is 0 Å². The molecule has 0 aromatic carbocycles. The van der Waals surface area contributed by atoms with Gasteiger partial charge in [-0.1, -0.05) is 6.07 Å². The third-order valence-corrected chi connectivity index (χ3v) is 5.08. The Morgan fingerprint density at radius 3 is 2.95 bits per heavy atom. The summed E-state index contributed by atoms with van der Waals surface area (Å²) in [7, 11) is 0. The van der Waals surface area contributed by atoms with Crippen molar-refractivity contribution in [2.24, 2.45) is 0 Å². The normalized spacial score (nSPS) is 14.2. The van der Waals surface area contributed by atoms with Gasteiger partial charge in [-0.05, 0) is 40.2 Å². The molecule has 0 atom stereocenters. The molecule has 1 fully saturated rings. The minimum absolute atomic E-state index is 0.233. The molecule has 9 heteroatoms. The van der Waals surface area contributed by atoms with Crippen LogP contribution < -0.4 is 5.32 Å². The molecule has 3 aromatic heterocycles. The highest BCUT2D eigenvalue weighted by atomic mass is 79.9. The second-order valence-corrected chi connectivity index (χ2v) is 6.75. The number of anilines is 1. The van der Waals surface area contributed by atoms with E-state index < -0.39 is 0 Å². The highest BCUT2D eigenvalue weighted by Gasteiger charge is 2.30. The number of nitrogens with zero attached hydrogens (tertiary/aromatic N) is 3. The summed E-state index contributed by atoms with van der Waals surface area (Å²) in [5.41, 5.74) is 1.31. The number of aromatic nitrogens is 5. The number of halogens is 1. The third-order valence-electron chi connectivity index (χ3n) is 3.40. The van der Waals surface area contributed by atoms with Crippen molar-refractivity contribution < 1.29 is 4.79 Å². The van der Waals surface area contributed by atoms with Gasteiger partial charge >= 0.3 is 0 Å². The highest BCUT2D eigenvalue weighted by molar-refractivity contribution is 9.10. The zero-order valence-corrected chi connectivity index (χ0v) is 13.7. The Balaban J connectivity index is 1.52. The van der Waals surface area contributed by atoms with Gasteiger partial charge in [0.05, 0.1) is 15.0 Å². The van der Waals surface area contributed by atoms with Crippen LogP contribution >= 0.6 is 27.3 Å². The summed E-state index contributed by atoms with van der Waals surface area (Å²) in [5, 5.41) is 18.4. The van der Waals surface area contributed by atoms with Crippen molar-refractivity contribution >= 4 is 39.1 Å². The maximum atomic E-state index is 12.3. The average Bonchev–Trinajstić information content (AvgIpc) is 2.95. The van der Waals surface area contributed by atoms with E-state index in [0.717, 1.165) is 27.9 Å². The number of carbonyl (C=O) groups excluding carboxylic acids is 1. The van der Waals surface area contributed by atoms with E-state index in [1.807, 2.05) is 17.5 Å². The van der Waals surface area contributed by atoms with Gasteiger partial charge in [0, 0.05) is 5.92 Å². The highest BCUT2D eigenvalue weighted by Crippen LogP contribution is 2.42. The Kier molecular flexibility index (Phi) is 3.30. The number of amides is 1. The van der Waals surface area contributed by atoms with Crippen LogP contribution in [-0.2, 0) is 0 Å². The number of hydrogen-bond acceptors (Lipinski definition) is 5. The molecule has 0 radical (unpaired) electrons. The first kappa shape index (κ1) is 13.6. The number of nitrogens with one attached hydrogen (secondary N) is 3.